The summed E-state index contributed by atoms with van der Waals surface area (Å²) in [5.74, 6) is -1.58. The van der Waals surface area contributed by atoms with E-state index in [2.05, 4.69) is 5.32 Å². The first-order valence-electron chi connectivity index (χ1n) is 11.6. The zero-order valence-corrected chi connectivity index (χ0v) is 20.4. The molecule has 0 bridgehead atoms. The van der Waals surface area contributed by atoms with Crippen LogP contribution in [-0.4, -0.2) is 50.0 Å². The first-order valence-corrected chi connectivity index (χ1v) is 13.4. The molecule has 9 heteroatoms. The van der Waals surface area contributed by atoms with E-state index in [1.54, 1.807) is 0 Å². The highest BCUT2D eigenvalue weighted by atomic mass is 32.2. The molecule has 0 saturated heterocycles. The molecule has 0 heterocycles. The fourth-order valence-electron chi connectivity index (χ4n) is 4.32. The van der Waals surface area contributed by atoms with E-state index in [1.807, 2.05) is 37.3 Å². The van der Waals surface area contributed by atoms with Gasteiger partial charge in [-0.05, 0) is 37.0 Å². The number of hydrogen-bond donors (Lipinski definition) is 1. The highest BCUT2D eigenvalue weighted by molar-refractivity contribution is 7.92. The van der Waals surface area contributed by atoms with Crippen LogP contribution in [-0.2, 0) is 26.2 Å². The summed E-state index contributed by atoms with van der Waals surface area (Å²) in [7, 11) is -3.97. The lowest BCUT2D eigenvalue weighted by Crippen LogP contribution is -2.53. The number of hydrogen-bond acceptors (Lipinski definition) is 4. The Morgan fingerprint density at radius 1 is 1.06 bits per heavy atom. The van der Waals surface area contributed by atoms with Gasteiger partial charge in [-0.15, -0.1) is 0 Å². The Bertz CT molecular complexity index is 1090. The van der Waals surface area contributed by atoms with Crippen LogP contribution in [0.25, 0.3) is 0 Å². The minimum absolute atomic E-state index is 0.0844. The molecule has 1 atom stereocenters. The average molecular weight is 490 g/mol. The molecule has 34 heavy (non-hydrogen) atoms. The molecule has 0 spiro atoms. The van der Waals surface area contributed by atoms with Crippen molar-refractivity contribution in [2.75, 3.05) is 17.1 Å². The number of carbonyl (C=O) groups excluding carboxylic acids is 2. The Labute approximate surface area is 201 Å². The van der Waals surface area contributed by atoms with Crippen LogP contribution >= 0.6 is 0 Å². The van der Waals surface area contributed by atoms with Crippen molar-refractivity contribution in [3.8, 4) is 0 Å². The van der Waals surface area contributed by atoms with Crippen LogP contribution in [0.4, 0.5) is 10.1 Å². The molecule has 1 saturated carbocycles. The smallest absolute Gasteiger partial charge is 0.244 e. The third kappa shape index (κ3) is 6.56. The predicted molar refractivity (Wildman–Crippen MR) is 130 cm³/mol. The van der Waals surface area contributed by atoms with Crippen LogP contribution in [0.2, 0.25) is 0 Å². The van der Waals surface area contributed by atoms with Crippen molar-refractivity contribution in [3.05, 3.63) is 66.0 Å². The summed E-state index contributed by atoms with van der Waals surface area (Å²) in [6, 6.07) is 13.9. The lowest BCUT2D eigenvalue weighted by Gasteiger charge is -2.33. The van der Waals surface area contributed by atoms with Crippen LogP contribution in [0, 0.1) is 5.82 Å². The van der Waals surface area contributed by atoms with E-state index >= 15 is 0 Å². The molecule has 0 unspecified atom stereocenters. The highest BCUT2D eigenvalue weighted by Gasteiger charge is 2.33. The minimum Gasteiger partial charge on any atom is -0.352 e. The fourth-order valence-corrected chi connectivity index (χ4v) is 5.17. The van der Waals surface area contributed by atoms with E-state index in [4.69, 9.17) is 0 Å². The van der Waals surface area contributed by atoms with E-state index < -0.39 is 34.3 Å². The summed E-state index contributed by atoms with van der Waals surface area (Å²) < 4.78 is 40.2. The quantitative estimate of drug-likeness (QED) is 0.554. The number of para-hydroxylation sites is 1. The SMILES string of the molecule is CC[C@@H](C(=O)NC1CCCC1)N(Cc1ccccc1)C(=O)CN(c1ccccc1F)S(C)(=O)=O. The molecular formula is C25H32FN3O4S. The van der Waals surface area contributed by atoms with Gasteiger partial charge in [0, 0.05) is 12.6 Å². The summed E-state index contributed by atoms with van der Waals surface area (Å²) >= 11 is 0. The summed E-state index contributed by atoms with van der Waals surface area (Å²) in [4.78, 5) is 28.1. The Kier molecular flexibility index (Phi) is 8.66. The molecule has 0 radical (unpaired) electrons. The molecule has 2 aromatic rings. The van der Waals surface area contributed by atoms with Gasteiger partial charge in [0.25, 0.3) is 0 Å². The van der Waals surface area contributed by atoms with Crippen molar-refractivity contribution in [2.24, 2.45) is 0 Å². The number of nitrogens with one attached hydrogen (secondary N) is 1. The number of rotatable bonds is 10. The number of benzene rings is 2. The van der Waals surface area contributed by atoms with Crippen molar-refractivity contribution in [2.45, 2.75) is 57.7 Å². The summed E-state index contributed by atoms with van der Waals surface area (Å²) in [5.41, 5.74) is 0.598. The zero-order valence-electron chi connectivity index (χ0n) is 19.6. The Morgan fingerprint density at radius 2 is 1.68 bits per heavy atom. The Hall–Kier alpha value is -2.94. The second-order valence-corrected chi connectivity index (χ2v) is 10.5. The molecule has 0 aromatic heterocycles. The van der Waals surface area contributed by atoms with Crippen LogP contribution in [0.1, 0.15) is 44.6 Å². The molecule has 7 nitrogen and oxygen atoms in total. The second kappa shape index (κ2) is 11.5. The first kappa shape index (κ1) is 25.7. The topological polar surface area (TPSA) is 86.8 Å². The average Bonchev–Trinajstić information content (AvgIpc) is 3.31. The van der Waals surface area contributed by atoms with Gasteiger partial charge in [0.15, 0.2) is 0 Å². The van der Waals surface area contributed by atoms with Crippen LogP contribution in [0.3, 0.4) is 0 Å². The third-order valence-corrected chi connectivity index (χ3v) is 7.21. The van der Waals surface area contributed by atoms with Crippen molar-refractivity contribution >= 4 is 27.5 Å². The van der Waals surface area contributed by atoms with Gasteiger partial charge >= 0.3 is 0 Å². The number of halogens is 1. The van der Waals surface area contributed by atoms with Crippen molar-refractivity contribution in [3.63, 3.8) is 0 Å². The van der Waals surface area contributed by atoms with Crippen LogP contribution < -0.4 is 9.62 Å². The van der Waals surface area contributed by atoms with Crippen LogP contribution in [0.5, 0.6) is 0 Å². The molecule has 2 amide bonds. The summed E-state index contributed by atoms with van der Waals surface area (Å²) in [6.07, 6.45) is 5.21. The van der Waals surface area contributed by atoms with Gasteiger partial charge in [0.2, 0.25) is 21.8 Å². The molecule has 1 aliphatic rings. The van der Waals surface area contributed by atoms with Gasteiger partial charge < -0.3 is 10.2 Å². The van der Waals surface area contributed by atoms with Gasteiger partial charge in [-0.2, -0.15) is 0 Å². The van der Waals surface area contributed by atoms with E-state index in [0.29, 0.717) is 6.42 Å². The minimum atomic E-state index is -3.97. The van der Waals surface area contributed by atoms with E-state index in [9.17, 15) is 22.4 Å². The van der Waals surface area contributed by atoms with Crippen molar-refractivity contribution in [1.82, 2.24) is 10.2 Å². The maximum Gasteiger partial charge on any atom is 0.244 e. The van der Waals surface area contributed by atoms with Gasteiger partial charge in [0.05, 0.1) is 11.9 Å². The molecule has 1 N–H and O–H groups in total. The molecule has 184 valence electrons. The third-order valence-electron chi connectivity index (χ3n) is 6.08. The second-order valence-electron chi connectivity index (χ2n) is 8.64. The lowest BCUT2D eigenvalue weighted by atomic mass is 10.1. The molecule has 1 aliphatic carbocycles. The maximum absolute atomic E-state index is 14.5. The highest BCUT2D eigenvalue weighted by Crippen LogP contribution is 2.23. The number of carbonyl (C=O) groups is 2. The fraction of sp³-hybridized carbons (Fsp3) is 0.440. The molecule has 3 rings (SSSR count). The largest absolute Gasteiger partial charge is 0.352 e. The summed E-state index contributed by atoms with van der Waals surface area (Å²) in [6.45, 7) is 1.33. The molecule has 2 aromatic carbocycles. The van der Waals surface area contributed by atoms with Crippen LogP contribution in [0.15, 0.2) is 54.6 Å². The number of nitrogens with zero attached hydrogens (tertiary/aromatic N) is 2. The molecule has 1 fully saturated rings. The van der Waals surface area contributed by atoms with Crippen molar-refractivity contribution < 1.29 is 22.4 Å². The zero-order chi connectivity index (χ0) is 24.7. The van der Waals surface area contributed by atoms with Gasteiger partial charge in [-0.25, -0.2) is 12.8 Å². The summed E-state index contributed by atoms with van der Waals surface area (Å²) in [5, 5.41) is 3.05. The Morgan fingerprint density at radius 3 is 2.26 bits per heavy atom. The van der Waals surface area contributed by atoms with Gasteiger partial charge in [0.1, 0.15) is 18.4 Å². The first-order chi connectivity index (χ1) is 16.2. The van der Waals surface area contributed by atoms with Gasteiger partial charge in [-0.3, -0.25) is 13.9 Å². The molecule has 0 aliphatic heterocycles. The molecular weight excluding hydrogens is 457 g/mol. The monoisotopic (exact) mass is 489 g/mol. The maximum atomic E-state index is 14.5. The standard InChI is InChI=1S/C25H32FN3O4S/c1-3-22(25(31)27-20-13-7-8-14-20)28(17-19-11-5-4-6-12-19)24(30)18-29(34(2,32)33)23-16-10-9-15-21(23)26/h4-6,9-12,15-16,20,22H,3,7-8,13-14,17-18H2,1-2H3,(H,27,31)/t22-/m0/s1. The van der Waals surface area contributed by atoms with E-state index in [0.717, 1.165) is 47.9 Å². The normalized spacial score (nSPS) is 15.0. The number of anilines is 1. The van der Waals surface area contributed by atoms with Gasteiger partial charge in [-0.1, -0.05) is 62.2 Å². The lowest BCUT2D eigenvalue weighted by molar-refractivity contribution is -0.140. The van der Waals surface area contributed by atoms with Crippen molar-refractivity contribution in [1.29, 1.82) is 0 Å². The van der Waals surface area contributed by atoms with E-state index in [1.165, 1.54) is 23.1 Å². The number of sulfonamides is 1. The number of amides is 2. The predicted octanol–water partition coefficient (Wildman–Crippen LogP) is 3.46. The van der Waals surface area contributed by atoms with E-state index in [-0.39, 0.29) is 24.2 Å². The Balaban J connectivity index is 1.91.